The summed E-state index contributed by atoms with van der Waals surface area (Å²) in [5, 5.41) is 10.6. The third-order valence-corrected chi connectivity index (χ3v) is 4.02. The van der Waals surface area contributed by atoms with Crippen molar-refractivity contribution >= 4 is 17.0 Å². The van der Waals surface area contributed by atoms with E-state index in [1.54, 1.807) is 6.33 Å². The average molecular weight is 423 g/mol. The number of alkyl halides is 3. The van der Waals surface area contributed by atoms with Gasteiger partial charge in [-0.15, -0.1) is 0 Å². The van der Waals surface area contributed by atoms with Crippen LogP contribution < -0.4 is 10.1 Å². The molecule has 0 atom stereocenters. The van der Waals surface area contributed by atoms with Gasteiger partial charge in [-0.25, -0.2) is 9.78 Å². The number of nitrogens with one attached hydrogen (secondary N) is 2. The number of carboxylic acids is 1. The van der Waals surface area contributed by atoms with E-state index < -0.39 is 12.1 Å². The van der Waals surface area contributed by atoms with E-state index in [1.165, 1.54) is 12.0 Å². The number of hydrogen-bond donors (Lipinski definition) is 3. The number of halogens is 3. The number of imidazole rings is 1. The zero-order valence-electron chi connectivity index (χ0n) is 16.7. The molecule has 0 aliphatic carbocycles. The summed E-state index contributed by atoms with van der Waals surface area (Å²) in [4.78, 5) is 16.2. The molecule has 0 aliphatic rings. The maximum atomic E-state index is 10.6. The Morgan fingerprint density at radius 1 is 1.17 bits per heavy atom. The molecule has 3 rings (SSSR count). The maximum Gasteiger partial charge on any atom is 0.490 e. The monoisotopic (exact) mass is 423 g/mol. The summed E-state index contributed by atoms with van der Waals surface area (Å²) in [6, 6.07) is 14.1. The highest BCUT2D eigenvalue weighted by Crippen LogP contribution is 2.24. The van der Waals surface area contributed by atoms with Gasteiger partial charge in [0.05, 0.1) is 17.4 Å². The SMILES string of the molecule is CC(C)CCNCc1ccc(Oc2ccc3[nH]cnc3c2)cc1.O=C(O)C(F)(F)F. The summed E-state index contributed by atoms with van der Waals surface area (Å²) in [7, 11) is 0. The van der Waals surface area contributed by atoms with Gasteiger partial charge in [-0.2, -0.15) is 13.2 Å². The summed E-state index contributed by atoms with van der Waals surface area (Å²) in [6.07, 6.45) is -2.19. The molecule has 0 saturated heterocycles. The Balaban J connectivity index is 0.000000396. The molecular weight excluding hydrogens is 399 g/mol. The van der Waals surface area contributed by atoms with Crippen LogP contribution in [-0.4, -0.2) is 33.8 Å². The van der Waals surface area contributed by atoms with Gasteiger partial charge in [0, 0.05) is 12.6 Å². The normalized spacial score (nSPS) is 11.3. The van der Waals surface area contributed by atoms with E-state index in [1.807, 2.05) is 30.3 Å². The first-order valence-corrected chi connectivity index (χ1v) is 9.36. The molecule has 0 fully saturated rings. The lowest BCUT2D eigenvalue weighted by Gasteiger charge is -2.09. The molecule has 0 radical (unpaired) electrons. The second-order valence-corrected chi connectivity index (χ2v) is 6.99. The number of benzene rings is 2. The number of H-pyrrole nitrogens is 1. The van der Waals surface area contributed by atoms with E-state index in [0.717, 1.165) is 41.5 Å². The van der Waals surface area contributed by atoms with Crippen molar-refractivity contribution in [2.75, 3.05) is 6.54 Å². The second kappa shape index (κ2) is 10.6. The predicted molar refractivity (Wildman–Crippen MR) is 107 cm³/mol. The molecule has 0 bridgehead atoms. The molecule has 3 aromatic rings. The fourth-order valence-electron chi connectivity index (χ4n) is 2.41. The molecule has 6 nitrogen and oxygen atoms in total. The van der Waals surface area contributed by atoms with Crippen molar-refractivity contribution in [3.05, 3.63) is 54.4 Å². The van der Waals surface area contributed by atoms with Gasteiger partial charge in [-0.05, 0) is 48.7 Å². The van der Waals surface area contributed by atoms with Crippen molar-refractivity contribution in [3.63, 3.8) is 0 Å². The van der Waals surface area contributed by atoms with Gasteiger partial charge in [-0.1, -0.05) is 26.0 Å². The van der Waals surface area contributed by atoms with Crippen LogP contribution in [0.3, 0.4) is 0 Å². The van der Waals surface area contributed by atoms with Crippen LogP contribution in [0.2, 0.25) is 0 Å². The lowest BCUT2D eigenvalue weighted by atomic mass is 10.1. The minimum Gasteiger partial charge on any atom is -0.475 e. The first-order chi connectivity index (χ1) is 14.1. The number of rotatable bonds is 7. The van der Waals surface area contributed by atoms with Gasteiger partial charge in [0.2, 0.25) is 0 Å². The first kappa shape index (κ1) is 23.2. The van der Waals surface area contributed by atoms with Crippen LogP contribution in [0.15, 0.2) is 48.8 Å². The molecule has 0 unspecified atom stereocenters. The summed E-state index contributed by atoms with van der Waals surface area (Å²) < 4.78 is 37.6. The molecule has 0 amide bonds. The highest BCUT2D eigenvalue weighted by Gasteiger charge is 2.38. The lowest BCUT2D eigenvalue weighted by Crippen LogP contribution is -2.21. The van der Waals surface area contributed by atoms with Crippen molar-refractivity contribution in [2.45, 2.75) is 33.0 Å². The number of ether oxygens (including phenoxy) is 1. The summed E-state index contributed by atoms with van der Waals surface area (Å²) in [6.45, 7) is 6.44. The standard InChI is InChI=1S/C19H23N3O.C2HF3O2/c1-14(2)9-10-20-12-15-3-5-16(6-4-15)23-17-7-8-18-19(11-17)22-13-21-18;3-2(4,5)1(6)7/h3-8,11,13-14,20H,9-10,12H2,1-2H3,(H,21,22);(H,6,7). The molecule has 2 aromatic carbocycles. The van der Waals surface area contributed by atoms with Crippen molar-refractivity contribution < 1.29 is 27.8 Å². The zero-order chi connectivity index (χ0) is 22.1. The van der Waals surface area contributed by atoms with Crippen LogP contribution in [0.4, 0.5) is 13.2 Å². The van der Waals surface area contributed by atoms with Crippen LogP contribution in [0.25, 0.3) is 11.0 Å². The summed E-state index contributed by atoms with van der Waals surface area (Å²) in [5.41, 5.74) is 3.19. The Morgan fingerprint density at radius 3 is 2.40 bits per heavy atom. The molecule has 0 spiro atoms. The van der Waals surface area contributed by atoms with Crippen LogP contribution in [-0.2, 0) is 11.3 Å². The first-order valence-electron chi connectivity index (χ1n) is 9.36. The Labute approximate surface area is 172 Å². The Morgan fingerprint density at radius 2 is 1.80 bits per heavy atom. The van der Waals surface area contributed by atoms with Crippen LogP contribution >= 0.6 is 0 Å². The smallest absolute Gasteiger partial charge is 0.475 e. The zero-order valence-corrected chi connectivity index (χ0v) is 16.7. The molecular formula is C21H24F3N3O3. The van der Waals surface area contributed by atoms with E-state index in [0.29, 0.717) is 0 Å². The molecule has 162 valence electrons. The summed E-state index contributed by atoms with van der Waals surface area (Å²) >= 11 is 0. The lowest BCUT2D eigenvalue weighted by molar-refractivity contribution is -0.192. The maximum absolute atomic E-state index is 10.6. The predicted octanol–water partition coefficient (Wildman–Crippen LogP) is 5.12. The van der Waals surface area contributed by atoms with Crippen molar-refractivity contribution in [2.24, 2.45) is 5.92 Å². The number of aliphatic carboxylic acids is 1. The number of aromatic nitrogens is 2. The Bertz CT molecular complexity index is 938. The van der Waals surface area contributed by atoms with E-state index in [9.17, 15) is 13.2 Å². The van der Waals surface area contributed by atoms with Crippen molar-refractivity contribution in [1.82, 2.24) is 15.3 Å². The number of hydrogen-bond acceptors (Lipinski definition) is 4. The van der Waals surface area contributed by atoms with E-state index in [4.69, 9.17) is 14.6 Å². The van der Waals surface area contributed by atoms with Crippen LogP contribution in [0.5, 0.6) is 11.5 Å². The molecule has 9 heteroatoms. The second-order valence-electron chi connectivity index (χ2n) is 6.99. The van der Waals surface area contributed by atoms with E-state index in [-0.39, 0.29) is 0 Å². The highest BCUT2D eigenvalue weighted by atomic mass is 19.4. The highest BCUT2D eigenvalue weighted by molar-refractivity contribution is 5.76. The number of aromatic amines is 1. The Kier molecular flexibility index (Phi) is 8.23. The number of carboxylic acid groups (broad SMARTS) is 1. The minimum atomic E-state index is -5.08. The largest absolute Gasteiger partial charge is 0.490 e. The van der Waals surface area contributed by atoms with Crippen molar-refractivity contribution in [3.8, 4) is 11.5 Å². The molecule has 0 saturated carbocycles. The van der Waals surface area contributed by atoms with Crippen LogP contribution in [0.1, 0.15) is 25.8 Å². The van der Waals surface area contributed by atoms with Gasteiger partial charge in [-0.3, -0.25) is 0 Å². The van der Waals surface area contributed by atoms with Gasteiger partial charge < -0.3 is 20.1 Å². The average Bonchev–Trinajstić information content (AvgIpc) is 3.14. The minimum absolute atomic E-state index is 0.741. The Hall–Kier alpha value is -3.07. The van der Waals surface area contributed by atoms with E-state index in [2.05, 4.69) is 41.3 Å². The number of carbonyl (C=O) groups is 1. The van der Waals surface area contributed by atoms with Gasteiger partial charge in [0.15, 0.2) is 0 Å². The molecule has 1 aromatic heterocycles. The molecule has 0 aliphatic heterocycles. The van der Waals surface area contributed by atoms with Crippen LogP contribution in [0, 0.1) is 5.92 Å². The van der Waals surface area contributed by atoms with Gasteiger partial charge in [0.1, 0.15) is 11.5 Å². The topological polar surface area (TPSA) is 87.2 Å². The van der Waals surface area contributed by atoms with Gasteiger partial charge >= 0.3 is 12.1 Å². The third kappa shape index (κ3) is 7.75. The quantitative estimate of drug-likeness (QED) is 0.459. The number of fused-ring (bicyclic) bond motifs is 1. The van der Waals surface area contributed by atoms with E-state index >= 15 is 0 Å². The van der Waals surface area contributed by atoms with Gasteiger partial charge in [0.25, 0.3) is 0 Å². The fraction of sp³-hybridized carbons (Fsp3) is 0.333. The summed E-state index contributed by atoms with van der Waals surface area (Å²) in [5.74, 6) is -0.379. The number of nitrogens with zero attached hydrogens (tertiary/aromatic N) is 1. The molecule has 3 N–H and O–H groups in total. The fourth-order valence-corrected chi connectivity index (χ4v) is 2.41. The van der Waals surface area contributed by atoms with Crippen molar-refractivity contribution in [1.29, 1.82) is 0 Å². The molecule has 1 heterocycles. The molecule has 30 heavy (non-hydrogen) atoms. The third-order valence-electron chi connectivity index (χ3n) is 4.02.